The SMILES string of the molecule is CCOc1ccc(O)c([C@H]2CCN2)c1. The molecule has 1 atom stereocenters. The fourth-order valence-corrected chi connectivity index (χ4v) is 1.62. The van der Waals surface area contributed by atoms with E-state index in [1.54, 1.807) is 12.1 Å². The normalized spacial score (nSPS) is 20.2. The van der Waals surface area contributed by atoms with Crippen molar-refractivity contribution in [3.05, 3.63) is 23.8 Å². The maximum atomic E-state index is 9.64. The van der Waals surface area contributed by atoms with Gasteiger partial charge in [-0.05, 0) is 38.1 Å². The molecule has 0 aliphatic carbocycles. The molecule has 0 aromatic heterocycles. The van der Waals surface area contributed by atoms with Crippen LogP contribution < -0.4 is 10.1 Å². The largest absolute Gasteiger partial charge is 0.508 e. The Morgan fingerprint density at radius 3 is 2.93 bits per heavy atom. The molecule has 0 bridgehead atoms. The molecule has 2 rings (SSSR count). The molecular weight excluding hydrogens is 178 g/mol. The second-order valence-electron chi connectivity index (χ2n) is 3.45. The molecule has 0 radical (unpaired) electrons. The molecule has 0 saturated carbocycles. The van der Waals surface area contributed by atoms with Crippen molar-refractivity contribution in [3.63, 3.8) is 0 Å². The van der Waals surface area contributed by atoms with Gasteiger partial charge >= 0.3 is 0 Å². The number of aromatic hydroxyl groups is 1. The number of hydrogen-bond acceptors (Lipinski definition) is 3. The van der Waals surface area contributed by atoms with Crippen molar-refractivity contribution in [3.8, 4) is 11.5 Å². The first-order valence-corrected chi connectivity index (χ1v) is 5.00. The quantitative estimate of drug-likeness (QED) is 0.769. The molecule has 14 heavy (non-hydrogen) atoms. The standard InChI is InChI=1S/C11H15NO2/c1-2-14-8-3-4-11(13)9(7-8)10-5-6-12-10/h3-4,7,10,12-13H,2,5-6H2,1H3/t10-/m1/s1. The molecule has 1 aromatic rings. The van der Waals surface area contributed by atoms with Crippen LogP contribution in [0, 0.1) is 0 Å². The van der Waals surface area contributed by atoms with Crippen LogP contribution in [0.25, 0.3) is 0 Å². The van der Waals surface area contributed by atoms with Gasteiger partial charge in [-0.15, -0.1) is 0 Å². The Kier molecular flexibility index (Phi) is 2.59. The maximum Gasteiger partial charge on any atom is 0.120 e. The molecule has 3 nitrogen and oxygen atoms in total. The van der Waals surface area contributed by atoms with E-state index in [1.807, 2.05) is 13.0 Å². The van der Waals surface area contributed by atoms with Crippen LogP contribution in [0.4, 0.5) is 0 Å². The third kappa shape index (κ3) is 1.68. The van der Waals surface area contributed by atoms with Crippen molar-refractivity contribution < 1.29 is 9.84 Å². The van der Waals surface area contributed by atoms with Gasteiger partial charge in [-0.3, -0.25) is 0 Å². The lowest BCUT2D eigenvalue weighted by Gasteiger charge is -2.28. The van der Waals surface area contributed by atoms with Gasteiger partial charge in [0.2, 0.25) is 0 Å². The zero-order chi connectivity index (χ0) is 9.97. The van der Waals surface area contributed by atoms with Crippen LogP contribution in [0.1, 0.15) is 24.9 Å². The zero-order valence-electron chi connectivity index (χ0n) is 8.29. The van der Waals surface area contributed by atoms with Gasteiger partial charge in [0.05, 0.1) is 6.61 Å². The van der Waals surface area contributed by atoms with Gasteiger partial charge in [0.25, 0.3) is 0 Å². The van der Waals surface area contributed by atoms with E-state index < -0.39 is 0 Å². The summed E-state index contributed by atoms with van der Waals surface area (Å²) in [4.78, 5) is 0. The van der Waals surface area contributed by atoms with Gasteiger partial charge in [0.1, 0.15) is 11.5 Å². The van der Waals surface area contributed by atoms with Crippen LogP contribution in [-0.4, -0.2) is 18.3 Å². The number of nitrogens with one attached hydrogen (secondary N) is 1. The summed E-state index contributed by atoms with van der Waals surface area (Å²) in [5.74, 6) is 1.18. The molecule has 1 heterocycles. The summed E-state index contributed by atoms with van der Waals surface area (Å²) in [6, 6.07) is 5.70. The molecule has 0 spiro atoms. The first-order valence-electron chi connectivity index (χ1n) is 5.00. The van der Waals surface area contributed by atoms with E-state index in [1.165, 1.54) is 0 Å². The van der Waals surface area contributed by atoms with E-state index >= 15 is 0 Å². The van der Waals surface area contributed by atoms with Gasteiger partial charge in [-0.1, -0.05) is 0 Å². The van der Waals surface area contributed by atoms with E-state index in [0.29, 0.717) is 18.4 Å². The maximum absolute atomic E-state index is 9.64. The minimum Gasteiger partial charge on any atom is -0.508 e. The minimum absolute atomic E-state index is 0.301. The first kappa shape index (κ1) is 9.34. The van der Waals surface area contributed by atoms with E-state index in [-0.39, 0.29) is 0 Å². The Bertz CT molecular complexity index is 321. The van der Waals surface area contributed by atoms with Gasteiger partial charge in [-0.2, -0.15) is 0 Å². The Hall–Kier alpha value is -1.22. The molecular formula is C11H15NO2. The molecule has 0 amide bonds. The van der Waals surface area contributed by atoms with Crippen molar-refractivity contribution >= 4 is 0 Å². The predicted molar refractivity (Wildman–Crippen MR) is 54.6 cm³/mol. The van der Waals surface area contributed by atoms with Crippen molar-refractivity contribution in [1.29, 1.82) is 0 Å². The highest BCUT2D eigenvalue weighted by Crippen LogP contribution is 2.33. The first-order chi connectivity index (χ1) is 6.81. The third-order valence-electron chi connectivity index (χ3n) is 2.51. The van der Waals surface area contributed by atoms with Gasteiger partial charge in [0, 0.05) is 11.6 Å². The van der Waals surface area contributed by atoms with Crippen molar-refractivity contribution in [2.75, 3.05) is 13.2 Å². The van der Waals surface area contributed by atoms with Crippen LogP contribution in [-0.2, 0) is 0 Å². The zero-order valence-corrected chi connectivity index (χ0v) is 8.29. The van der Waals surface area contributed by atoms with E-state index in [2.05, 4.69) is 5.32 Å². The number of rotatable bonds is 3. The molecule has 1 aliphatic rings. The smallest absolute Gasteiger partial charge is 0.120 e. The summed E-state index contributed by atoms with van der Waals surface area (Å²) in [6.45, 7) is 3.64. The van der Waals surface area contributed by atoms with E-state index in [9.17, 15) is 5.11 Å². The van der Waals surface area contributed by atoms with Crippen molar-refractivity contribution in [2.24, 2.45) is 0 Å². The summed E-state index contributed by atoms with van der Waals surface area (Å²) < 4.78 is 5.38. The summed E-state index contributed by atoms with van der Waals surface area (Å²) in [6.07, 6.45) is 1.09. The lowest BCUT2D eigenvalue weighted by molar-refractivity contribution is 0.332. The number of phenols is 1. The molecule has 1 aliphatic heterocycles. The van der Waals surface area contributed by atoms with Gasteiger partial charge in [0.15, 0.2) is 0 Å². The average Bonchev–Trinajstić information content (AvgIpc) is 2.08. The van der Waals surface area contributed by atoms with Crippen LogP contribution in [0.15, 0.2) is 18.2 Å². The van der Waals surface area contributed by atoms with Crippen molar-refractivity contribution in [1.82, 2.24) is 5.32 Å². The Morgan fingerprint density at radius 1 is 1.57 bits per heavy atom. The number of phenolic OH excluding ortho intramolecular Hbond substituents is 1. The highest BCUT2D eigenvalue weighted by molar-refractivity contribution is 5.42. The molecule has 1 fully saturated rings. The predicted octanol–water partition coefficient (Wildman–Crippen LogP) is 1.83. The van der Waals surface area contributed by atoms with Crippen LogP contribution in [0.3, 0.4) is 0 Å². The molecule has 1 saturated heterocycles. The lowest BCUT2D eigenvalue weighted by atomic mass is 9.97. The monoisotopic (exact) mass is 193 g/mol. The number of hydrogen-bond donors (Lipinski definition) is 2. The van der Waals surface area contributed by atoms with Crippen LogP contribution in [0.5, 0.6) is 11.5 Å². The highest BCUT2D eigenvalue weighted by Gasteiger charge is 2.21. The fourth-order valence-electron chi connectivity index (χ4n) is 1.62. The van der Waals surface area contributed by atoms with Crippen LogP contribution >= 0.6 is 0 Å². The molecule has 1 aromatic carbocycles. The fraction of sp³-hybridized carbons (Fsp3) is 0.455. The molecule has 76 valence electrons. The second kappa shape index (κ2) is 3.88. The van der Waals surface area contributed by atoms with Gasteiger partial charge in [-0.25, -0.2) is 0 Å². The summed E-state index contributed by atoms with van der Waals surface area (Å²) >= 11 is 0. The molecule has 3 heteroatoms. The third-order valence-corrected chi connectivity index (χ3v) is 2.51. The average molecular weight is 193 g/mol. The summed E-state index contributed by atoms with van der Waals surface area (Å²) in [5.41, 5.74) is 0.946. The summed E-state index contributed by atoms with van der Waals surface area (Å²) in [7, 11) is 0. The number of benzene rings is 1. The van der Waals surface area contributed by atoms with Crippen LogP contribution in [0.2, 0.25) is 0 Å². The topological polar surface area (TPSA) is 41.5 Å². The summed E-state index contributed by atoms with van der Waals surface area (Å²) in [5, 5.41) is 12.9. The lowest BCUT2D eigenvalue weighted by Crippen LogP contribution is -2.34. The van der Waals surface area contributed by atoms with E-state index in [4.69, 9.17) is 4.74 Å². The molecule has 0 unspecified atom stereocenters. The number of ether oxygens (including phenoxy) is 1. The Labute approximate surface area is 83.7 Å². The van der Waals surface area contributed by atoms with Gasteiger partial charge < -0.3 is 15.2 Å². The Balaban J connectivity index is 2.22. The second-order valence-corrected chi connectivity index (χ2v) is 3.45. The molecule has 2 N–H and O–H groups in total. The Morgan fingerprint density at radius 2 is 2.36 bits per heavy atom. The highest BCUT2D eigenvalue weighted by atomic mass is 16.5. The van der Waals surface area contributed by atoms with Crippen molar-refractivity contribution in [2.45, 2.75) is 19.4 Å². The van der Waals surface area contributed by atoms with E-state index in [0.717, 1.165) is 24.3 Å². The minimum atomic E-state index is 0.301.